The Balaban J connectivity index is 1.78. The molecular formula is C21H16N2OS2. The van der Waals surface area contributed by atoms with E-state index in [2.05, 4.69) is 13.0 Å². The zero-order valence-corrected chi connectivity index (χ0v) is 15.8. The number of aryl methyl sites for hydroxylation is 1. The second kappa shape index (κ2) is 7.32. The third kappa shape index (κ3) is 3.36. The molecule has 3 aromatic rings. The van der Waals surface area contributed by atoms with Crippen LogP contribution in [0.4, 0.5) is 11.4 Å². The van der Waals surface area contributed by atoms with Crippen LogP contribution in [0.25, 0.3) is 6.08 Å². The van der Waals surface area contributed by atoms with Crippen molar-refractivity contribution < 1.29 is 4.79 Å². The molecule has 1 saturated heterocycles. The molecule has 1 aliphatic heterocycles. The van der Waals surface area contributed by atoms with Crippen LogP contribution in [-0.4, -0.2) is 11.1 Å². The lowest BCUT2D eigenvalue weighted by Gasteiger charge is -2.15. The predicted octanol–water partition coefficient (Wildman–Crippen LogP) is 5.87. The summed E-state index contributed by atoms with van der Waals surface area (Å²) >= 11 is 3.06. The first-order valence-electron chi connectivity index (χ1n) is 8.19. The van der Waals surface area contributed by atoms with Gasteiger partial charge in [-0.1, -0.05) is 36.4 Å². The second-order valence-corrected chi connectivity index (χ2v) is 7.74. The van der Waals surface area contributed by atoms with Crippen LogP contribution in [0, 0.1) is 6.92 Å². The van der Waals surface area contributed by atoms with Crippen LogP contribution >= 0.6 is 23.1 Å². The van der Waals surface area contributed by atoms with Crippen molar-refractivity contribution in [2.75, 3.05) is 4.90 Å². The highest BCUT2D eigenvalue weighted by atomic mass is 32.2. The highest BCUT2D eigenvalue weighted by molar-refractivity contribution is 8.19. The lowest BCUT2D eigenvalue weighted by molar-refractivity contribution is -0.113. The molecule has 0 radical (unpaired) electrons. The van der Waals surface area contributed by atoms with E-state index in [9.17, 15) is 4.79 Å². The quantitative estimate of drug-likeness (QED) is 0.536. The first kappa shape index (κ1) is 16.8. The maximum Gasteiger partial charge on any atom is 0.271 e. The summed E-state index contributed by atoms with van der Waals surface area (Å²) < 4.78 is 0. The Hall–Kier alpha value is -2.63. The van der Waals surface area contributed by atoms with Gasteiger partial charge >= 0.3 is 0 Å². The molecule has 1 aromatic heterocycles. The van der Waals surface area contributed by atoms with E-state index in [-0.39, 0.29) is 5.91 Å². The van der Waals surface area contributed by atoms with Gasteiger partial charge in [-0.25, -0.2) is 4.99 Å². The van der Waals surface area contributed by atoms with Gasteiger partial charge in [-0.15, -0.1) is 11.3 Å². The Morgan fingerprint density at radius 2 is 1.65 bits per heavy atom. The van der Waals surface area contributed by atoms with E-state index < -0.39 is 0 Å². The molecule has 1 aliphatic rings. The highest BCUT2D eigenvalue weighted by Crippen LogP contribution is 2.38. The van der Waals surface area contributed by atoms with Gasteiger partial charge in [-0.05, 0) is 66.0 Å². The fraction of sp³-hybridized carbons (Fsp3) is 0.0476. The molecule has 2 heterocycles. The topological polar surface area (TPSA) is 32.7 Å². The van der Waals surface area contributed by atoms with Crippen LogP contribution in [0.3, 0.4) is 0 Å². The van der Waals surface area contributed by atoms with Crippen molar-refractivity contribution in [1.82, 2.24) is 0 Å². The first-order valence-corrected chi connectivity index (χ1v) is 9.89. The molecule has 0 spiro atoms. The number of thiophene rings is 1. The zero-order valence-electron chi connectivity index (χ0n) is 14.1. The standard InChI is InChI=1S/C21H16N2OS2/c1-15-12-13-25-18(15)14-19-20(24)23(17-10-6-3-7-11-17)21(26-19)22-16-8-4-2-5-9-16/h2-14H,1H3/b19-14-,22-21?. The van der Waals surface area contributed by atoms with Gasteiger partial charge in [0.15, 0.2) is 5.17 Å². The van der Waals surface area contributed by atoms with E-state index in [1.165, 1.54) is 17.3 Å². The number of benzene rings is 2. The van der Waals surface area contributed by atoms with Crippen LogP contribution in [0.5, 0.6) is 0 Å². The van der Waals surface area contributed by atoms with Gasteiger partial charge in [0.2, 0.25) is 0 Å². The number of para-hydroxylation sites is 2. The third-order valence-electron chi connectivity index (χ3n) is 3.97. The maximum atomic E-state index is 13.1. The van der Waals surface area contributed by atoms with E-state index in [0.717, 1.165) is 16.3 Å². The summed E-state index contributed by atoms with van der Waals surface area (Å²) in [5.74, 6) is -0.0383. The normalized spacial score (nSPS) is 17.4. The Morgan fingerprint density at radius 1 is 0.962 bits per heavy atom. The number of nitrogens with zero attached hydrogens (tertiary/aromatic N) is 2. The number of amidine groups is 1. The molecule has 26 heavy (non-hydrogen) atoms. The van der Waals surface area contributed by atoms with E-state index >= 15 is 0 Å². The fourth-order valence-electron chi connectivity index (χ4n) is 2.62. The molecule has 5 heteroatoms. The Morgan fingerprint density at radius 3 is 2.31 bits per heavy atom. The number of anilines is 1. The largest absolute Gasteiger partial charge is 0.271 e. The third-order valence-corrected chi connectivity index (χ3v) is 5.90. The monoisotopic (exact) mass is 376 g/mol. The molecule has 0 unspecified atom stereocenters. The molecule has 0 bridgehead atoms. The maximum absolute atomic E-state index is 13.1. The Kier molecular flexibility index (Phi) is 4.73. The van der Waals surface area contributed by atoms with Gasteiger partial charge in [0, 0.05) is 4.88 Å². The van der Waals surface area contributed by atoms with Crippen molar-refractivity contribution in [1.29, 1.82) is 0 Å². The summed E-state index contributed by atoms with van der Waals surface area (Å²) in [6.45, 7) is 2.06. The zero-order chi connectivity index (χ0) is 17.9. The lowest BCUT2D eigenvalue weighted by Crippen LogP contribution is -2.28. The average Bonchev–Trinajstić information content (AvgIpc) is 3.20. The highest BCUT2D eigenvalue weighted by Gasteiger charge is 2.34. The second-order valence-electron chi connectivity index (χ2n) is 5.78. The minimum Gasteiger partial charge on any atom is -0.268 e. The smallest absolute Gasteiger partial charge is 0.268 e. The van der Waals surface area contributed by atoms with E-state index in [0.29, 0.717) is 10.1 Å². The number of thioether (sulfide) groups is 1. The molecule has 0 atom stereocenters. The van der Waals surface area contributed by atoms with Crippen LogP contribution < -0.4 is 4.90 Å². The molecule has 3 nitrogen and oxygen atoms in total. The van der Waals surface area contributed by atoms with E-state index in [1.54, 1.807) is 16.2 Å². The van der Waals surface area contributed by atoms with Crippen LogP contribution in [-0.2, 0) is 4.79 Å². The van der Waals surface area contributed by atoms with Crippen molar-refractivity contribution in [2.45, 2.75) is 6.92 Å². The van der Waals surface area contributed by atoms with Crippen LogP contribution in [0.1, 0.15) is 10.4 Å². The fourth-order valence-corrected chi connectivity index (χ4v) is 4.53. The Bertz CT molecular complexity index is 991. The van der Waals surface area contributed by atoms with Crippen molar-refractivity contribution in [3.05, 3.63) is 87.5 Å². The first-order chi connectivity index (χ1) is 12.7. The molecule has 0 saturated carbocycles. The number of carbonyl (C=O) groups excluding carboxylic acids is 1. The van der Waals surface area contributed by atoms with Gasteiger partial charge in [-0.2, -0.15) is 0 Å². The number of amides is 1. The number of rotatable bonds is 3. The summed E-state index contributed by atoms with van der Waals surface area (Å²) in [6, 6.07) is 21.4. The van der Waals surface area contributed by atoms with Crippen molar-refractivity contribution >= 4 is 51.6 Å². The molecule has 2 aromatic carbocycles. The predicted molar refractivity (Wildman–Crippen MR) is 112 cm³/mol. The molecule has 4 rings (SSSR count). The number of aliphatic imine (C=N–C) groups is 1. The van der Waals surface area contributed by atoms with Gasteiger partial charge < -0.3 is 0 Å². The van der Waals surface area contributed by atoms with Crippen molar-refractivity contribution in [3.8, 4) is 0 Å². The number of hydrogen-bond acceptors (Lipinski definition) is 4. The number of carbonyl (C=O) groups is 1. The van der Waals surface area contributed by atoms with Gasteiger partial charge in [0.05, 0.1) is 16.3 Å². The Labute approximate surface area is 160 Å². The summed E-state index contributed by atoms with van der Waals surface area (Å²) in [4.78, 5) is 21.3. The minimum atomic E-state index is -0.0383. The molecule has 0 aliphatic carbocycles. The van der Waals surface area contributed by atoms with Crippen LogP contribution in [0.2, 0.25) is 0 Å². The van der Waals surface area contributed by atoms with Gasteiger partial charge in [0.25, 0.3) is 5.91 Å². The molecule has 1 fully saturated rings. The van der Waals surface area contributed by atoms with Gasteiger partial charge in [-0.3, -0.25) is 9.69 Å². The van der Waals surface area contributed by atoms with Crippen LogP contribution in [0.15, 0.2) is 82.0 Å². The summed E-state index contributed by atoms with van der Waals surface area (Å²) in [5, 5.41) is 2.72. The lowest BCUT2D eigenvalue weighted by atomic mass is 10.2. The molecule has 128 valence electrons. The molecule has 1 amide bonds. The van der Waals surface area contributed by atoms with Crippen molar-refractivity contribution in [3.63, 3.8) is 0 Å². The summed E-state index contributed by atoms with van der Waals surface area (Å²) in [7, 11) is 0. The summed E-state index contributed by atoms with van der Waals surface area (Å²) in [5.41, 5.74) is 2.83. The SMILES string of the molecule is Cc1ccsc1/C=C1\SC(=Nc2ccccc2)N(c2ccccc2)C1=O. The summed E-state index contributed by atoms with van der Waals surface area (Å²) in [6.07, 6.45) is 1.97. The van der Waals surface area contributed by atoms with Gasteiger partial charge in [0.1, 0.15) is 0 Å². The van der Waals surface area contributed by atoms with E-state index in [1.807, 2.05) is 72.1 Å². The molecule has 0 N–H and O–H groups in total. The minimum absolute atomic E-state index is 0.0383. The average molecular weight is 377 g/mol. The molecular weight excluding hydrogens is 360 g/mol. The number of hydrogen-bond donors (Lipinski definition) is 0. The van der Waals surface area contributed by atoms with Crippen molar-refractivity contribution in [2.24, 2.45) is 4.99 Å². The van der Waals surface area contributed by atoms with E-state index in [4.69, 9.17) is 4.99 Å².